The Bertz CT molecular complexity index is 2480. The van der Waals surface area contributed by atoms with Crippen LogP contribution in [0.25, 0.3) is 88.4 Å². The maximum atomic E-state index is 5.35. The summed E-state index contributed by atoms with van der Waals surface area (Å²) in [5, 5.41) is 10.1. The fraction of sp³-hybridized carbons (Fsp3) is 0. The number of hydrogen-bond acceptors (Lipinski definition) is 4. The van der Waals surface area contributed by atoms with E-state index in [2.05, 4.69) is 97.1 Å². The largest absolute Gasteiger partial charge is 2.00 e. The van der Waals surface area contributed by atoms with E-state index in [9.17, 15) is 0 Å². The molecule has 0 amide bonds. The van der Waals surface area contributed by atoms with Gasteiger partial charge in [0.15, 0.2) is 0 Å². The quantitative estimate of drug-likeness (QED) is 0.165. The van der Waals surface area contributed by atoms with Crippen LogP contribution in [0.1, 0.15) is 0 Å². The summed E-state index contributed by atoms with van der Waals surface area (Å²) in [5.74, 6) is 3.73. The molecule has 0 aliphatic carbocycles. The maximum Gasteiger partial charge on any atom is 2.00 e. The molecule has 0 fully saturated rings. The molecule has 0 unspecified atom stereocenters. The molecule has 4 aromatic heterocycles. The third-order valence-corrected chi connectivity index (χ3v) is 9.69. The van der Waals surface area contributed by atoms with Crippen molar-refractivity contribution in [2.24, 2.45) is 0 Å². The van der Waals surface area contributed by atoms with Crippen molar-refractivity contribution in [3.05, 3.63) is 219 Å². The predicted molar refractivity (Wildman–Crippen MR) is 229 cm³/mol. The fourth-order valence-electron chi connectivity index (χ4n) is 6.94. The second-order valence-electron chi connectivity index (χ2n) is 13.4. The minimum absolute atomic E-state index is 0. The van der Waals surface area contributed by atoms with E-state index >= 15 is 0 Å². The molecule has 0 aliphatic heterocycles. The van der Waals surface area contributed by atoms with Gasteiger partial charge in [-0.25, -0.2) is 0 Å². The first-order chi connectivity index (χ1) is 27.7. The van der Waals surface area contributed by atoms with Crippen LogP contribution in [0.15, 0.2) is 237 Å². The van der Waals surface area contributed by atoms with E-state index in [1.165, 1.54) is 43.1 Å². The zero-order chi connectivity index (χ0) is 37.5. The normalized spacial score (nSPS) is 10.1. The molecule has 0 saturated carbocycles. The second kappa shape index (κ2) is 22.1. The Kier molecular flexibility index (Phi) is 17.1. The molecular formula is C52H36Br2O4Zr2-2. The Morgan fingerprint density at radius 1 is 0.267 bits per heavy atom. The molecule has 0 bridgehead atoms. The fourth-order valence-corrected chi connectivity index (χ4v) is 6.94. The van der Waals surface area contributed by atoms with E-state index in [0.717, 1.165) is 45.3 Å². The molecule has 0 radical (unpaired) electrons. The topological polar surface area (TPSA) is 52.6 Å². The first-order valence-electron chi connectivity index (χ1n) is 18.5. The van der Waals surface area contributed by atoms with Gasteiger partial charge in [-0.1, -0.05) is 119 Å². The number of fused-ring (bicyclic) bond motifs is 4. The summed E-state index contributed by atoms with van der Waals surface area (Å²) in [4.78, 5) is 0. The van der Waals surface area contributed by atoms with Crippen LogP contribution in [0.3, 0.4) is 0 Å². The third kappa shape index (κ3) is 10.9. The van der Waals surface area contributed by atoms with Crippen molar-refractivity contribution >= 4 is 43.1 Å². The minimum atomic E-state index is 0. The molecule has 4 nitrogen and oxygen atoms in total. The van der Waals surface area contributed by atoms with E-state index in [1.54, 1.807) is 25.1 Å². The minimum Gasteiger partial charge on any atom is -1.00 e. The first-order valence-corrected chi connectivity index (χ1v) is 18.5. The van der Waals surface area contributed by atoms with Gasteiger partial charge in [-0.05, 0) is 24.3 Å². The van der Waals surface area contributed by atoms with E-state index in [1.807, 2.05) is 97.1 Å². The molecule has 0 atom stereocenters. The van der Waals surface area contributed by atoms with Crippen LogP contribution < -0.4 is 34.0 Å². The summed E-state index contributed by atoms with van der Waals surface area (Å²) in [5.41, 5.74) is 4.60. The van der Waals surface area contributed by atoms with Crippen LogP contribution in [0.2, 0.25) is 0 Å². The van der Waals surface area contributed by atoms with E-state index in [4.69, 9.17) is 17.7 Å². The van der Waals surface area contributed by atoms with Gasteiger partial charge in [0.25, 0.3) is 0 Å². The summed E-state index contributed by atoms with van der Waals surface area (Å²) >= 11 is 0. The van der Waals surface area contributed by atoms with Crippen molar-refractivity contribution in [3.8, 4) is 45.3 Å². The van der Waals surface area contributed by atoms with Gasteiger partial charge in [-0.2, -0.15) is 0 Å². The van der Waals surface area contributed by atoms with Crippen molar-refractivity contribution in [2.75, 3.05) is 0 Å². The monoisotopic (exact) mass is 1060 g/mol. The van der Waals surface area contributed by atoms with Gasteiger partial charge in [0.2, 0.25) is 0 Å². The molecule has 4 heterocycles. The summed E-state index contributed by atoms with van der Waals surface area (Å²) < 4.78 is 21.4. The number of benzene rings is 4. The van der Waals surface area contributed by atoms with E-state index < -0.39 is 0 Å². The summed E-state index contributed by atoms with van der Waals surface area (Å²) in [6, 6.07) is 66.0. The molecule has 0 spiro atoms. The number of hydrogen-bond donors (Lipinski definition) is 0. The molecule has 0 aliphatic rings. The second-order valence-corrected chi connectivity index (χ2v) is 13.4. The molecule has 12 rings (SSSR count). The zero-order valence-corrected chi connectivity index (χ0v) is 40.3. The van der Waals surface area contributed by atoms with Crippen molar-refractivity contribution in [1.29, 1.82) is 0 Å². The summed E-state index contributed by atoms with van der Waals surface area (Å²) in [7, 11) is 0. The Hall–Kier alpha value is -4.83. The molecule has 12 aromatic rings. The van der Waals surface area contributed by atoms with Gasteiger partial charge in [0.1, 0.15) is 0 Å². The molecular weight excluding hydrogens is 1030 g/mol. The Morgan fingerprint density at radius 3 is 0.667 bits per heavy atom. The number of halogens is 2. The molecule has 0 N–H and O–H groups in total. The van der Waals surface area contributed by atoms with Gasteiger partial charge < -0.3 is 51.6 Å². The molecule has 8 heteroatoms. The van der Waals surface area contributed by atoms with Gasteiger partial charge >= 0.3 is 52.4 Å². The van der Waals surface area contributed by atoms with Gasteiger partial charge in [0, 0.05) is 0 Å². The van der Waals surface area contributed by atoms with Crippen molar-refractivity contribution in [2.45, 2.75) is 0 Å². The average Bonchev–Trinajstić information content (AvgIpc) is 4.11. The Labute approximate surface area is 407 Å². The zero-order valence-electron chi connectivity index (χ0n) is 32.2. The van der Waals surface area contributed by atoms with Crippen LogP contribution >= 0.6 is 0 Å². The molecule has 60 heavy (non-hydrogen) atoms. The molecule has 0 saturated heterocycles. The van der Waals surface area contributed by atoms with Crippen LogP contribution in [-0.2, 0) is 52.4 Å². The maximum absolute atomic E-state index is 5.35. The van der Waals surface area contributed by atoms with Gasteiger partial charge in [0.05, 0.1) is 48.1 Å². The van der Waals surface area contributed by atoms with Crippen LogP contribution in [0.5, 0.6) is 0 Å². The number of rotatable bonds is 4. The van der Waals surface area contributed by atoms with Gasteiger partial charge in [-0.15, -0.1) is 116 Å². The molecule has 8 aromatic carbocycles. The van der Waals surface area contributed by atoms with Crippen LogP contribution in [0.4, 0.5) is 0 Å². The summed E-state index contributed by atoms with van der Waals surface area (Å²) in [6.45, 7) is 0. The Balaban J connectivity index is 0.000000148. The Morgan fingerprint density at radius 2 is 0.483 bits per heavy atom. The first kappa shape index (κ1) is 46.2. The summed E-state index contributed by atoms with van der Waals surface area (Å²) in [6.07, 6.45) is 6.81. The standard InChI is InChI=1S/4C13H9O.2BrH.2Zr/c4*1-2-5-11-9-12(8-10(11)4-1)13-6-3-7-14-13;;;;/h4*1-9H;2*1H;;/q4*-1;;;2*+2/p-2. The smallest absolute Gasteiger partial charge is 1.00 e. The van der Waals surface area contributed by atoms with Crippen molar-refractivity contribution in [3.63, 3.8) is 0 Å². The van der Waals surface area contributed by atoms with Crippen molar-refractivity contribution < 1.29 is 104 Å². The van der Waals surface area contributed by atoms with E-state index in [-0.39, 0.29) is 86.4 Å². The number of furan rings is 4. The van der Waals surface area contributed by atoms with E-state index in [0.29, 0.717) is 0 Å². The van der Waals surface area contributed by atoms with Crippen molar-refractivity contribution in [1.82, 2.24) is 0 Å². The van der Waals surface area contributed by atoms with Crippen LogP contribution in [-0.4, -0.2) is 0 Å². The SMILES string of the molecule is [Br-].[Br-].[Zr+2].[Zr+2].c1coc(-c2cc3ccccc3[cH-]2)c1.c1coc(-c2cc3ccccc3[cH-]2)c1.c1coc(-c2cc3ccccc3[cH-]2)c1.c1coc(-c2cc3ccccc3[cH-]2)c1. The van der Waals surface area contributed by atoms with Gasteiger partial charge in [-0.3, -0.25) is 0 Å². The van der Waals surface area contributed by atoms with Crippen LogP contribution in [0, 0.1) is 0 Å². The third-order valence-electron chi connectivity index (χ3n) is 9.69. The molecule has 292 valence electrons. The predicted octanol–water partition coefficient (Wildman–Crippen LogP) is 9.28. The average molecular weight is 1070 g/mol.